The van der Waals surface area contributed by atoms with Crippen LogP contribution >= 0.6 is 11.6 Å². The summed E-state index contributed by atoms with van der Waals surface area (Å²) < 4.78 is 5.36. The number of allylic oxidation sites excluding steroid dienone is 2. The monoisotopic (exact) mass is 360 g/mol. The fourth-order valence-electron chi connectivity index (χ4n) is 2.72. The van der Waals surface area contributed by atoms with Crippen LogP contribution in [-0.2, 0) is 4.74 Å². The van der Waals surface area contributed by atoms with Gasteiger partial charge < -0.3 is 9.84 Å². The van der Waals surface area contributed by atoms with Gasteiger partial charge in [-0.25, -0.2) is 0 Å². The van der Waals surface area contributed by atoms with E-state index in [2.05, 4.69) is 19.1 Å². The van der Waals surface area contributed by atoms with E-state index in [4.69, 9.17) is 16.3 Å². The van der Waals surface area contributed by atoms with Crippen molar-refractivity contribution in [2.75, 3.05) is 19.1 Å². The molecule has 0 rings (SSSR count). The summed E-state index contributed by atoms with van der Waals surface area (Å²) in [5, 5.41) is 9.23. The maximum atomic E-state index is 9.23. The largest absolute Gasteiger partial charge is 0.389 e. The van der Waals surface area contributed by atoms with Crippen LogP contribution in [0.3, 0.4) is 0 Å². The molecule has 0 heterocycles. The molecular weight excluding hydrogens is 320 g/mol. The van der Waals surface area contributed by atoms with E-state index in [9.17, 15) is 5.11 Å². The molecule has 3 heteroatoms. The van der Waals surface area contributed by atoms with Crippen molar-refractivity contribution >= 4 is 11.6 Å². The van der Waals surface area contributed by atoms with E-state index in [1.807, 2.05) is 0 Å². The SMILES string of the molecule is CCCCCCCC/C=C\CCCCCCCCOCC(O)CCl. The summed E-state index contributed by atoms with van der Waals surface area (Å²) in [6, 6.07) is 0. The first-order valence-electron chi connectivity index (χ1n) is 10.3. The molecule has 0 amide bonds. The van der Waals surface area contributed by atoms with Crippen LogP contribution in [0.25, 0.3) is 0 Å². The first-order chi connectivity index (χ1) is 11.8. The van der Waals surface area contributed by atoms with Crippen molar-refractivity contribution in [2.24, 2.45) is 0 Å². The van der Waals surface area contributed by atoms with E-state index in [1.54, 1.807) is 0 Å². The van der Waals surface area contributed by atoms with Crippen LogP contribution in [0, 0.1) is 0 Å². The molecule has 0 aromatic rings. The minimum atomic E-state index is -0.513. The van der Waals surface area contributed by atoms with Crippen LogP contribution in [0.2, 0.25) is 0 Å². The standard InChI is InChI=1S/C21H41ClO2/c1-2-3-4-5-6-7-8-9-10-11-12-13-14-15-16-17-18-24-20-21(23)19-22/h9-10,21,23H,2-8,11-20H2,1H3/b10-9-. The molecule has 0 radical (unpaired) electrons. The quantitative estimate of drug-likeness (QED) is 0.159. The molecule has 0 aliphatic rings. The van der Waals surface area contributed by atoms with Crippen molar-refractivity contribution in [3.05, 3.63) is 12.2 Å². The molecule has 0 aromatic carbocycles. The van der Waals surface area contributed by atoms with Crippen molar-refractivity contribution in [1.82, 2.24) is 0 Å². The second-order valence-corrected chi connectivity index (χ2v) is 7.13. The zero-order chi connectivity index (χ0) is 17.7. The molecule has 1 unspecified atom stereocenters. The topological polar surface area (TPSA) is 29.5 Å². The lowest BCUT2D eigenvalue weighted by Gasteiger charge is -2.07. The first-order valence-corrected chi connectivity index (χ1v) is 10.8. The summed E-state index contributed by atoms with van der Waals surface area (Å²) >= 11 is 5.50. The molecule has 0 spiro atoms. The second kappa shape index (κ2) is 21.0. The Morgan fingerprint density at radius 3 is 1.83 bits per heavy atom. The third-order valence-electron chi connectivity index (χ3n) is 4.29. The van der Waals surface area contributed by atoms with E-state index in [1.165, 1.54) is 83.5 Å². The van der Waals surface area contributed by atoms with E-state index in [0.29, 0.717) is 6.61 Å². The Hall–Kier alpha value is -0.0500. The maximum absolute atomic E-state index is 9.23. The molecule has 1 N–H and O–H groups in total. The number of ether oxygens (including phenoxy) is 1. The fraction of sp³-hybridized carbons (Fsp3) is 0.905. The van der Waals surface area contributed by atoms with Crippen molar-refractivity contribution in [3.8, 4) is 0 Å². The molecular formula is C21H41ClO2. The van der Waals surface area contributed by atoms with Crippen LogP contribution in [0.15, 0.2) is 12.2 Å². The van der Waals surface area contributed by atoms with Gasteiger partial charge in [0.05, 0.1) is 18.6 Å². The minimum Gasteiger partial charge on any atom is -0.389 e. The third-order valence-corrected chi connectivity index (χ3v) is 4.65. The van der Waals surface area contributed by atoms with Gasteiger partial charge in [-0.3, -0.25) is 0 Å². The number of hydrogen-bond donors (Lipinski definition) is 1. The van der Waals surface area contributed by atoms with Crippen molar-refractivity contribution < 1.29 is 9.84 Å². The highest BCUT2D eigenvalue weighted by Gasteiger charge is 2.00. The second-order valence-electron chi connectivity index (χ2n) is 6.82. The zero-order valence-electron chi connectivity index (χ0n) is 16.0. The lowest BCUT2D eigenvalue weighted by atomic mass is 10.1. The molecule has 0 bridgehead atoms. The van der Waals surface area contributed by atoms with Gasteiger partial charge in [-0.05, 0) is 32.1 Å². The van der Waals surface area contributed by atoms with E-state index in [0.717, 1.165) is 13.0 Å². The summed E-state index contributed by atoms with van der Waals surface area (Å²) in [5.41, 5.74) is 0. The van der Waals surface area contributed by atoms with Crippen molar-refractivity contribution in [2.45, 2.75) is 103 Å². The average Bonchev–Trinajstić information content (AvgIpc) is 2.60. The average molecular weight is 361 g/mol. The summed E-state index contributed by atoms with van der Waals surface area (Å²) in [6.45, 7) is 3.39. The highest BCUT2D eigenvalue weighted by molar-refractivity contribution is 6.18. The van der Waals surface area contributed by atoms with Gasteiger partial charge in [-0.1, -0.05) is 76.9 Å². The van der Waals surface area contributed by atoms with Gasteiger partial charge in [0.15, 0.2) is 0 Å². The van der Waals surface area contributed by atoms with Gasteiger partial charge >= 0.3 is 0 Å². The Morgan fingerprint density at radius 1 is 0.792 bits per heavy atom. The lowest BCUT2D eigenvalue weighted by molar-refractivity contribution is 0.0461. The molecule has 24 heavy (non-hydrogen) atoms. The van der Waals surface area contributed by atoms with Crippen molar-refractivity contribution in [3.63, 3.8) is 0 Å². The van der Waals surface area contributed by atoms with Crippen LogP contribution in [-0.4, -0.2) is 30.3 Å². The molecule has 0 saturated heterocycles. The molecule has 1 atom stereocenters. The minimum absolute atomic E-state index is 0.257. The van der Waals surface area contributed by atoms with Gasteiger partial charge in [0.2, 0.25) is 0 Å². The number of hydrogen-bond acceptors (Lipinski definition) is 2. The van der Waals surface area contributed by atoms with Gasteiger partial charge in [0, 0.05) is 6.61 Å². The molecule has 2 nitrogen and oxygen atoms in total. The summed E-state index contributed by atoms with van der Waals surface area (Å²) in [4.78, 5) is 0. The van der Waals surface area contributed by atoms with Crippen LogP contribution < -0.4 is 0 Å². The molecule has 0 aliphatic carbocycles. The number of aliphatic hydroxyl groups excluding tert-OH is 1. The molecule has 0 aliphatic heterocycles. The highest BCUT2D eigenvalue weighted by atomic mass is 35.5. The number of unbranched alkanes of at least 4 members (excludes halogenated alkanes) is 12. The normalized spacial score (nSPS) is 13.0. The highest BCUT2D eigenvalue weighted by Crippen LogP contribution is 2.10. The molecule has 0 aromatic heterocycles. The van der Waals surface area contributed by atoms with Gasteiger partial charge in [0.1, 0.15) is 0 Å². The van der Waals surface area contributed by atoms with Crippen LogP contribution in [0.4, 0.5) is 0 Å². The van der Waals surface area contributed by atoms with Gasteiger partial charge in [-0.15, -0.1) is 11.6 Å². The molecule has 144 valence electrons. The maximum Gasteiger partial charge on any atom is 0.0908 e. The Kier molecular flexibility index (Phi) is 20.9. The fourth-order valence-corrected chi connectivity index (χ4v) is 2.80. The number of halogens is 1. The third kappa shape index (κ3) is 20.0. The number of rotatable bonds is 19. The Bertz CT molecular complexity index is 256. The van der Waals surface area contributed by atoms with E-state index >= 15 is 0 Å². The number of alkyl halides is 1. The number of aliphatic hydroxyl groups is 1. The van der Waals surface area contributed by atoms with Crippen LogP contribution in [0.1, 0.15) is 96.8 Å². The molecule has 0 saturated carbocycles. The van der Waals surface area contributed by atoms with Crippen LogP contribution in [0.5, 0.6) is 0 Å². The Labute approximate surface area is 156 Å². The Balaban J connectivity index is 3.08. The summed E-state index contributed by atoms with van der Waals surface area (Å²) in [6.07, 6.45) is 22.7. The van der Waals surface area contributed by atoms with Gasteiger partial charge in [-0.2, -0.15) is 0 Å². The lowest BCUT2D eigenvalue weighted by Crippen LogP contribution is -2.17. The predicted octanol–water partition coefficient (Wildman–Crippen LogP) is 6.64. The molecule has 0 fully saturated rings. The van der Waals surface area contributed by atoms with E-state index < -0.39 is 6.10 Å². The van der Waals surface area contributed by atoms with Gasteiger partial charge in [0.25, 0.3) is 0 Å². The van der Waals surface area contributed by atoms with Crippen molar-refractivity contribution in [1.29, 1.82) is 0 Å². The summed E-state index contributed by atoms with van der Waals surface area (Å²) in [7, 11) is 0. The predicted molar refractivity (Wildman–Crippen MR) is 107 cm³/mol. The Morgan fingerprint density at radius 2 is 1.29 bits per heavy atom. The first kappa shape index (κ1) is 23.9. The summed E-state index contributed by atoms with van der Waals surface area (Å²) in [5.74, 6) is 0.257. The van der Waals surface area contributed by atoms with E-state index in [-0.39, 0.29) is 5.88 Å². The smallest absolute Gasteiger partial charge is 0.0908 e. The zero-order valence-corrected chi connectivity index (χ0v) is 16.7.